The van der Waals surface area contributed by atoms with Crippen LogP contribution in [0, 0.1) is 0 Å². The molecule has 0 radical (unpaired) electrons. The van der Waals surface area contributed by atoms with Crippen LogP contribution in [0.1, 0.15) is 5.56 Å². The molecule has 1 fully saturated rings. The lowest BCUT2D eigenvalue weighted by Gasteiger charge is -2.50. The molecule has 0 bridgehead atoms. The van der Waals surface area contributed by atoms with Gasteiger partial charge in [0.15, 0.2) is 39.5 Å². The minimum Gasteiger partial charge on any atom is -0.415 e. The standard InChI is InChI=1S/C25H48ClNO5Si4/c1-33(2,3)28-18-21-22(30-34(4,5)6)23(31-35(7,8)9)24(32-36(10,11)12)25(29-21)27-17-19-13-15-20(26)16-14-19/h13-17,21-25H,18H2,1-12H3/b27-17+/t21-,22-,23+,24-,25-/m0/s1. The Balaban J connectivity index is 2.55. The maximum Gasteiger partial charge on any atom is 0.184 e. The largest absolute Gasteiger partial charge is 0.415 e. The Morgan fingerprint density at radius 1 is 0.722 bits per heavy atom. The van der Waals surface area contributed by atoms with Gasteiger partial charge in [-0.1, -0.05) is 23.7 Å². The molecule has 0 aromatic heterocycles. The average Bonchev–Trinajstić information content (AvgIpc) is 2.66. The fraction of sp³-hybridized carbons (Fsp3) is 0.720. The monoisotopic (exact) mass is 589 g/mol. The fourth-order valence-corrected chi connectivity index (χ4v) is 7.86. The molecule has 5 atom stereocenters. The van der Waals surface area contributed by atoms with E-state index < -0.39 is 39.5 Å². The van der Waals surface area contributed by atoms with E-state index in [2.05, 4.69) is 78.6 Å². The number of hydrogen-bond donors (Lipinski definition) is 0. The van der Waals surface area contributed by atoms with Crippen molar-refractivity contribution in [2.75, 3.05) is 6.61 Å². The first-order valence-electron chi connectivity index (χ1n) is 12.8. The molecule has 2 rings (SSSR count). The highest BCUT2D eigenvalue weighted by atomic mass is 35.5. The van der Waals surface area contributed by atoms with Crippen molar-refractivity contribution in [2.24, 2.45) is 4.99 Å². The quantitative estimate of drug-likeness (QED) is 0.205. The molecule has 0 amide bonds. The van der Waals surface area contributed by atoms with E-state index in [1.54, 1.807) is 0 Å². The van der Waals surface area contributed by atoms with Crippen molar-refractivity contribution in [3.63, 3.8) is 0 Å². The second-order valence-corrected chi connectivity index (χ2v) is 31.7. The highest BCUT2D eigenvalue weighted by Gasteiger charge is 2.51. The third kappa shape index (κ3) is 11.7. The van der Waals surface area contributed by atoms with Crippen LogP contribution in [0.4, 0.5) is 0 Å². The van der Waals surface area contributed by atoms with Crippen molar-refractivity contribution in [1.29, 1.82) is 0 Å². The summed E-state index contributed by atoms with van der Waals surface area (Å²) >= 11 is 6.08. The molecule has 36 heavy (non-hydrogen) atoms. The number of halogens is 1. The molecule has 0 spiro atoms. The lowest BCUT2D eigenvalue weighted by Crippen LogP contribution is -2.65. The van der Waals surface area contributed by atoms with Gasteiger partial charge in [-0.3, -0.25) is 4.99 Å². The van der Waals surface area contributed by atoms with Crippen molar-refractivity contribution >= 4 is 51.1 Å². The van der Waals surface area contributed by atoms with Gasteiger partial charge in [-0.15, -0.1) is 0 Å². The summed E-state index contributed by atoms with van der Waals surface area (Å²) in [7, 11) is -7.69. The van der Waals surface area contributed by atoms with Crippen LogP contribution in [-0.4, -0.2) is 76.7 Å². The van der Waals surface area contributed by atoms with Crippen molar-refractivity contribution in [1.82, 2.24) is 0 Å². The lowest BCUT2D eigenvalue weighted by atomic mass is 9.98. The number of aliphatic imine (C=N–C) groups is 1. The first-order valence-corrected chi connectivity index (χ1v) is 26.9. The Morgan fingerprint density at radius 2 is 1.19 bits per heavy atom. The molecule has 1 heterocycles. The molecular formula is C25H48ClNO5Si4. The predicted octanol–water partition coefficient (Wildman–Crippen LogP) is 7.00. The summed E-state index contributed by atoms with van der Waals surface area (Å²) in [5.41, 5.74) is 0.952. The number of benzene rings is 1. The SMILES string of the molecule is C[Si](C)(C)OC[C@@H]1O[C@H](/N=C/c2ccc(Cl)cc2)[C@@H](O[Si](C)(C)C)[C@H](O[Si](C)(C)C)[C@H]1O[Si](C)(C)C. The molecule has 6 nitrogen and oxygen atoms in total. The first-order chi connectivity index (χ1) is 16.2. The van der Waals surface area contributed by atoms with Crippen LogP contribution in [0.5, 0.6) is 0 Å². The molecule has 1 aromatic rings. The molecule has 1 aliphatic rings. The molecule has 1 aliphatic heterocycles. The van der Waals surface area contributed by atoms with Crippen molar-refractivity contribution in [3.8, 4) is 0 Å². The maximum atomic E-state index is 6.87. The van der Waals surface area contributed by atoms with Gasteiger partial charge in [0.05, 0.1) is 6.61 Å². The zero-order valence-corrected chi connectivity index (χ0v) is 29.1. The summed E-state index contributed by atoms with van der Waals surface area (Å²) in [5, 5.41) is 0.694. The minimum atomic E-state index is -1.98. The Bertz CT molecular complexity index is 860. The minimum absolute atomic E-state index is 0.289. The zero-order valence-electron chi connectivity index (χ0n) is 24.3. The van der Waals surface area contributed by atoms with Crippen molar-refractivity contribution < 1.29 is 22.4 Å². The molecular weight excluding hydrogens is 542 g/mol. The molecule has 1 saturated heterocycles. The Kier molecular flexibility index (Phi) is 11.0. The molecule has 0 unspecified atom stereocenters. The smallest absolute Gasteiger partial charge is 0.184 e. The third-order valence-electron chi connectivity index (χ3n) is 5.00. The van der Waals surface area contributed by atoms with Crippen LogP contribution in [-0.2, 0) is 22.4 Å². The number of rotatable bonds is 11. The topological polar surface area (TPSA) is 58.5 Å². The molecule has 0 saturated carbocycles. The van der Waals surface area contributed by atoms with Gasteiger partial charge >= 0.3 is 0 Å². The predicted molar refractivity (Wildman–Crippen MR) is 162 cm³/mol. The number of nitrogens with zero attached hydrogens (tertiary/aromatic N) is 1. The molecule has 0 N–H and O–H groups in total. The van der Waals surface area contributed by atoms with Crippen LogP contribution >= 0.6 is 11.6 Å². The summed E-state index contributed by atoms with van der Waals surface area (Å²) in [4.78, 5) is 4.91. The maximum absolute atomic E-state index is 6.87. The summed E-state index contributed by atoms with van der Waals surface area (Å²) < 4.78 is 33.5. The Hall–Kier alpha value is -0.152. The van der Waals surface area contributed by atoms with Crippen LogP contribution in [0.3, 0.4) is 0 Å². The average molecular weight is 590 g/mol. The van der Waals surface area contributed by atoms with Gasteiger partial charge in [-0.25, -0.2) is 0 Å². The second kappa shape index (κ2) is 12.4. The summed E-state index contributed by atoms with van der Waals surface area (Å²) in [6.45, 7) is 26.8. The van der Waals surface area contributed by atoms with Crippen molar-refractivity contribution in [3.05, 3.63) is 34.9 Å². The summed E-state index contributed by atoms with van der Waals surface area (Å²) in [6, 6.07) is 7.62. The molecule has 1 aromatic carbocycles. The van der Waals surface area contributed by atoms with Crippen LogP contribution < -0.4 is 0 Å². The van der Waals surface area contributed by atoms with E-state index in [0.717, 1.165) is 5.56 Å². The van der Waals surface area contributed by atoms with E-state index in [-0.39, 0.29) is 24.4 Å². The van der Waals surface area contributed by atoms with Gasteiger partial charge < -0.3 is 22.4 Å². The third-order valence-corrected chi connectivity index (χ3v) is 9.22. The number of ether oxygens (including phenoxy) is 1. The van der Waals surface area contributed by atoms with Gasteiger partial charge in [0.25, 0.3) is 0 Å². The highest BCUT2D eigenvalue weighted by molar-refractivity contribution is 6.71. The van der Waals surface area contributed by atoms with Crippen LogP contribution in [0.25, 0.3) is 0 Å². The Morgan fingerprint density at radius 3 is 1.67 bits per heavy atom. The first kappa shape index (κ1) is 32.1. The van der Waals surface area contributed by atoms with Gasteiger partial charge in [-0.05, 0) is 96.3 Å². The van der Waals surface area contributed by atoms with E-state index in [9.17, 15) is 0 Å². The van der Waals surface area contributed by atoms with E-state index in [1.807, 2.05) is 30.5 Å². The van der Waals surface area contributed by atoms with E-state index in [0.29, 0.717) is 11.6 Å². The zero-order chi connectivity index (χ0) is 27.5. The molecule has 0 aliphatic carbocycles. The number of hydrogen-bond acceptors (Lipinski definition) is 6. The summed E-state index contributed by atoms with van der Waals surface area (Å²) in [6.07, 6.45) is 0.0265. The van der Waals surface area contributed by atoms with E-state index >= 15 is 0 Å². The van der Waals surface area contributed by atoms with Crippen LogP contribution in [0.15, 0.2) is 29.3 Å². The Labute approximate surface area is 228 Å². The van der Waals surface area contributed by atoms with E-state index in [4.69, 9.17) is 39.0 Å². The summed E-state index contributed by atoms with van der Waals surface area (Å²) in [5.74, 6) is 0. The van der Waals surface area contributed by atoms with Gasteiger partial charge in [-0.2, -0.15) is 0 Å². The van der Waals surface area contributed by atoms with E-state index in [1.165, 1.54) is 0 Å². The molecule has 11 heteroatoms. The van der Waals surface area contributed by atoms with Crippen LogP contribution in [0.2, 0.25) is 83.6 Å². The van der Waals surface area contributed by atoms with Gasteiger partial charge in [0.2, 0.25) is 0 Å². The normalized spacial score (nSPS) is 26.5. The molecule has 206 valence electrons. The lowest BCUT2D eigenvalue weighted by molar-refractivity contribution is -0.211. The van der Waals surface area contributed by atoms with Gasteiger partial charge in [0, 0.05) is 11.2 Å². The second-order valence-electron chi connectivity index (χ2n) is 13.4. The van der Waals surface area contributed by atoms with Crippen molar-refractivity contribution in [2.45, 2.75) is 109 Å². The fourth-order valence-electron chi connectivity index (χ4n) is 3.82. The highest BCUT2D eigenvalue weighted by Crippen LogP contribution is 2.34. The van der Waals surface area contributed by atoms with Gasteiger partial charge in [0.1, 0.15) is 24.4 Å².